The van der Waals surface area contributed by atoms with Crippen molar-refractivity contribution in [1.29, 1.82) is 0 Å². The zero-order valence-electron chi connectivity index (χ0n) is 20.7. The molecule has 0 saturated carbocycles. The second-order valence-electron chi connectivity index (χ2n) is 9.88. The summed E-state index contributed by atoms with van der Waals surface area (Å²) in [6.45, 7) is 4.80. The number of rotatable bonds is 10. The summed E-state index contributed by atoms with van der Waals surface area (Å²) >= 11 is 0. The Kier molecular flexibility index (Phi) is 8.27. The molecule has 0 N–H and O–H groups in total. The lowest BCUT2D eigenvalue weighted by molar-refractivity contribution is -0.0865. The van der Waals surface area contributed by atoms with Crippen LogP contribution in [0.2, 0.25) is 0 Å². The smallest absolute Gasteiger partial charge is 0.103 e. The van der Waals surface area contributed by atoms with E-state index in [1.54, 1.807) is 0 Å². The Balaban J connectivity index is 1.35. The highest BCUT2D eigenvalue weighted by molar-refractivity contribution is 5.16. The number of fused-ring (bicyclic) bond motifs is 1. The first-order chi connectivity index (χ1) is 17.3. The van der Waals surface area contributed by atoms with Crippen LogP contribution in [0.15, 0.2) is 91.0 Å². The van der Waals surface area contributed by atoms with Crippen LogP contribution in [0.1, 0.15) is 42.9 Å². The minimum Gasteiger partial charge on any atom is -0.375 e. The van der Waals surface area contributed by atoms with Gasteiger partial charge in [-0.1, -0.05) is 97.4 Å². The molecule has 2 heterocycles. The fourth-order valence-electron chi connectivity index (χ4n) is 5.76. The molecule has 2 aliphatic heterocycles. The third-order valence-electron chi connectivity index (χ3n) is 7.45. The van der Waals surface area contributed by atoms with Crippen molar-refractivity contribution in [2.24, 2.45) is 0 Å². The first-order valence-electron chi connectivity index (χ1n) is 13.0. The fourth-order valence-corrected chi connectivity index (χ4v) is 5.76. The number of hydrogen-bond acceptors (Lipinski definition) is 4. The summed E-state index contributed by atoms with van der Waals surface area (Å²) in [4.78, 5) is 2.65. The van der Waals surface area contributed by atoms with Crippen LogP contribution >= 0.6 is 0 Å². The topological polar surface area (TPSA) is 30.9 Å². The summed E-state index contributed by atoms with van der Waals surface area (Å²) in [6.07, 6.45) is 3.57. The number of ether oxygens (including phenoxy) is 3. The summed E-state index contributed by atoms with van der Waals surface area (Å²) in [5, 5.41) is 0. The third-order valence-corrected chi connectivity index (χ3v) is 7.45. The van der Waals surface area contributed by atoms with Crippen LogP contribution in [0.5, 0.6) is 0 Å². The summed E-state index contributed by atoms with van der Waals surface area (Å²) in [5.74, 6) is 0. The molecule has 3 aromatic carbocycles. The Bertz CT molecular complexity index is 1010. The Hall–Kier alpha value is -2.50. The summed E-state index contributed by atoms with van der Waals surface area (Å²) in [5.41, 5.74) is 3.59. The summed E-state index contributed by atoms with van der Waals surface area (Å²) < 4.78 is 19.7. The van der Waals surface area contributed by atoms with E-state index in [2.05, 4.69) is 90.7 Å². The molecule has 4 nitrogen and oxygen atoms in total. The van der Waals surface area contributed by atoms with Gasteiger partial charge in [-0.25, -0.2) is 0 Å². The molecular weight excluding hydrogens is 434 g/mol. The predicted octanol–water partition coefficient (Wildman–Crippen LogP) is 6.00. The van der Waals surface area contributed by atoms with E-state index in [1.165, 1.54) is 29.5 Å². The van der Waals surface area contributed by atoms with Gasteiger partial charge in [-0.2, -0.15) is 0 Å². The zero-order chi connectivity index (χ0) is 23.9. The first-order valence-corrected chi connectivity index (χ1v) is 13.0. The highest BCUT2D eigenvalue weighted by Crippen LogP contribution is 2.39. The highest BCUT2D eigenvalue weighted by Gasteiger charge is 2.52. The van der Waals surface area contributed by atoms with Gasteiger partial charge in [-0.05, 0) is 36.5 Å². The van der Waals surface area contributed by atoms with Gasteiger partial charge < -0.3 is 14.2 Å². The monoisotopic (exact) mass is 471 g/mol. The summed E-state index contributed by atoms with van der Waals surface area (Å²) in [7, 11) is 0. The van der Waals surface area contributed by atoms with Gasteiger partial charge in [0, 0.05) is 12.1 Å². The van der Waals surface area contributed by atoms with Crippen LogP contribution in [0.3, 0.4) is 0 Å². The number of piperidine rings is 1. The van der Waals surface area contributed by atoms with E-state index in [9.17, 15) is 0 Å². The molecule has 184 valence electrons. The van der Waals surface area contributed by atoms with Crippen molar-refractivity contribution >= 4 is 0 Å². The van der Waals surface area contributed by atoms with Crippen LogP contribution in [0.4, 0.5) is 0 Å². The molecule has 0 aliphatic carbocycles. The average Bonchev–Trinajstić information content (AvgIpc) is 3.21. The lowest BCUT2D eigenvalue weighted by atomic mass is 9.96. The van der Waals surface area contributed by atoms with Gasteiger partial charge >= 0.3 is 0 Å². The molecule has 4 heteroatoms. The Morgan fingerprint density at radius 2 is 1.17 bits per heavy atom. The maximum Gasteiger partial charge on any atom is 0.103 e. The van der Waals surface area contributed by atoms with Gasteiger partial charge in [0.05, 0.1) is 32.5 Å². The highest BCUT2D eigenvalue weighted by atomic mass is 16.5. The van der Waals surface area contributed by atoms with Crippen LogP contribution in [0.25, 0.3) is 0 Å². The first kappa shape index (κ1) is 24.2. The number of hydrogen-bond donors (Lipinski definition) is 0. The molecular formula is C31H37NO3. The van der Waals surface area contributed by atoms with Gasteiger partial charge in [0.15, 0.2) is 0 Å². The van der Waals surface area contributed by atoms with Crippen LogP contribution in [-0.2, 0) is 34.0 Å². The van der Waals surface area contributed by atoms with Gasteiger partial charge in [0.2, 0.25) is 0 Å². The van der Waals surface area contributed by atoms with Gasteiger partial charge in [-0.3, -0.25) is 4.90 Å². The molecule has 5 atom stereocenters. The van der Waals surface area contributed by atoms with E-state index in [4.69, 9.17) is 14.2 Å². The molecule has 0 amide bonds. The normalized spacial score (nSPS) is 26.5. The van der Waals surface area contributed by atoms with E-state index in [0.29, 0.717) is 38.5 Å². The molecule has 0 bridgehead atoms. The van der Waals surface area contributed by atoms with Crippen LogP contribution in [0, 0.1) is 0 Å². The lowest BCUT2D eigenvalue weighted by Crippen LogP contribution is -2.49. The summed E-state index contributed by atoms with van der Waals surface area (Å²) in [6, 6.07) is 32.4. The maximum atomic E-state index is 6.70. The Labute approximate surface area is 209 Å². The second kappa shape index (κ2) is 12.0. The SMILES string of the molecule is C[C@H]1CCC[C@H]2[C@H](OCc3ccccc3)[C@H](OCc3ccccc3)[C@H](COCc3ccccc3)N12. The Morgan fingerprint density at radius 1 is 0.657 bits per heavy atom. The molecule has 0 unspecified atom stereocenters. The van der Waals surface area contributed by atoms with Crippen molar-refractivity contribution in [1.82, 2.24) is 4.90 Å². The molecule has 2 saturated heterocycles. The van der Waals surface area contributed by atoms with E-state index in [0.717, 1.165) is 6.42 Å². The molecule has 3 aromatic rings. The van der Waals surface area contributed by atoms with Gasteiger partial charge in [0.25, 0.3) is 0 Å². The van der Waals surface area contributed by atoms with Crippen molar-refractivity contribution in [3.05, 3.63) is 108 Å². The largest absolute Gasteiger partial charge is 0.375 e. The van der Waals surface area contributed by atoms with Gasteiger partial charge in [0.1, 0.15) is 12.2 Å². The van der Waals surface area contributed by atoms with Crippen LogP contribution in [-0.4, -0.2) is 41.8 Å². The molecule has 5 rings (SSSR count). The average molecular weight is 472 g/mol. The second-order valence-corrected chi connectivity index (χ2v) is 9.88. The third kappa shape index (κ3) is 6.02. The minimum absolute atomic E-state index is 0.0204. The van der Waals surface area contributed by atoms with Crippen molar-refractivity contribution in [3.63, 3.8) is 0 Å². The number of nitrogens with zero attached hydrogens (tertiary/aromatic N) is 1. The Morgan fingerprint density at radius 3 is 1.74 bits per heavy atom. The lowest BCUT2D eigenvalue weighted by Gasteiger charge is -2.40. The molecule has 0 spiro atoms. The van der Waals surface area contributed by atoms with E-state index in [-0.39, 0.29) is 18.2 Å². The molecule has 0 aromatic heterocycles. The molecule has 35 heavy (non-hydrogen) atoms. The standard InChI is InChI=1S/C31H37NO3/c1-24-12-11-19-28-30(34-21-26-15-7-3-8-16-26)31(35-22-27-17-9-4-10-18-27)29(32(24)28)23-33-20-25-13-5-2-6-14-25/h2-10,13-18,24,28-31H,11-12,19-23H2,1H3/t24-,28-,29-,30-,31+/m0/s1. The van der Waals surface area contributed by atoms with E-state index < -0.39 is 0 Å². The minimum atomic E-state index is -0.0414. The van der Waals surface area contributed by atoms with Crippen molar-refractivity contribution in [3.8, 4) is 0 Å². The molecule has 2 fully saturated rings. The molecule has 2 aliphatic rings. The quantitative estimate of drug-likeness (QED) is 0.363. The zero-order valence-corrected chi connectivity index (χ0v) is 20.7. The van der Waals surface area contributed by atoms with Crippen molar-refractivity contribution in [2.45, 2.75) is 76.3 Å². The van der Waals surface area contributed by atoms with Crippen molar-refractivity contribution in [2.75, 3.05) is 6.61 Å². The fraction of sp³-hybridized carbons (Fsp3) is 0.419. The molecule has 0 radical (unpaired) electrons. The van der Waals surface area contributed by atoms with Crippen LogP contribution < -0.4 is 0 Å². The van der Waals surface area contributed by atoms with E-state index in [1.807, 2.05) is 12.1 Å². The van der Waals surface area contributed by atoms with Gasteiger partial charge in [-0.15, -0.1) is 0 Å². The maximum absolute atomic E-state index is 6.70. The number of benzene rings is 3. The predicted molar refractivity (Wildman–Crippen MR) is 139 cm³/mol. The van der Waals surface area contributed by atoms with E-state index >= 15 is 0 Å². The van der Waals surface area contributed by atoms with Crippen molar-refractivity contribution < 1.29 is 14.2 Å².